The maximum Gasteiger partial charge on any atom is 0.122 e. The van der Waals surface area contributed by atoms with Crippen molar-refractivity contribution in [1.29, 1.82) is 0 Å². The summed E-state index contributed by atoms with van der Waals surface area (Å²) < 4.78 is 5.43. The molecular formula is C18H22O2. The molecule has 0 amide bonds. The van der Waals surface area contributed by atoms with Crippen LogP contribution in [-0.2, 0) is 6.42 Å². The number of aryl methyl sites for hydroxylation is 2. The first-order chi connectivity index (χ1) is 9.65. The molecule has 1 atom stereocenters. The third kappa shape index (κ3) is 3.20. The van der Waals surface area contributed by atoms with Crippen LogP contribution in [-0.4, -0.2) is 18.8 Å². The average molecular weight is 270 g/mol. The normalized spacial score (nSPS) is 12.2. The summed E-state index contributed by atoms with van der Waals surface area (Å²) >= 11 is 0. The van der Waals surface area contributed by atoms with Crippen molar-refractivity contribution in [2.24, 2.45) is 0 Å². The molecule has 2 aromatic rings. The Morgan fingerprint density at radius 1 is 1.10 bits per heavy atom. The smallest absolute Gasteiger partial charge is 0.122 e. The van der Waals surface area contributed by atoms with E-state index in [-0.39, 0.29) is 12.5 Å². The Balaban J connectivity index is 2.31. The molecule has 0 saturated heterocycles. The number of hydrogen-bond acceptors (Lipinski definition) is 2. The molecule has 2 nitrogen and oxygen atoms in total. The second kappa shape index (κ2) is 6.58. The van der Waals surface area contributed by atoms with E-state index < -0.39 is 0 Å². The van der Waals surface area contributed by atoms with Crippen LogP contribution in [0.25, 0.3) is 0 Å². The Bertz CT molecular complexity index is 575. The summed E-state index contributed by atoms with van der Waals surface area (Å²) in [5, 5.41) is 9.76. The summed E-state index contributed by atoms with van der Waals surface area (Å²) in [5.74, 6) is 0.995. The van der Waals surface area contributed by atoms with Crippen LogP contribution < -0.4 is 4.74 Å². The Hall–Kier alpha value is -1.80. The molecule has 0 saturated carbocycles. The third-order valence-electron chi connectivity index (χ3n) is 3.75. The third-order valence-corrected chi connectivity index (χ3v) is 3.75. The lowest BCUT2D eigenvalue weighted by atomic mass is 9.89. The molecule has 0 heterocycles. The van der Waals surface area contributed by atoms with Crippen LogP contribution in [0, 0.1) is 13.8 Å². The van der Waals surface area contributed by atoms with Crippen LogP contribution in [0.5, 0.6) is 5.75 Å². The van der Waals surface area contributed by atoms with E-state index in [1.54, 1.807) is 7.11 Å². The maximum atomic E-state index is 9.76. The van der Waals surface area contributed by atoms with Crippen molar-refractivity contribution < 1.29 is 9.84 Å². The van der Waals surface area contributed by atoms with Crippen molar-refractivity contribution in [2.45, 2.75) is 26.2 Å². The van der Waals surface area contributed by atoms with Crippen LogP contribution in [0.2, 0.25) is 0 Å². The summed E-state index contributed by atoms with van der Waals surface area (Å²) in [7, 11) is 1.69. The summed E-state index contributed by atoms with van der Waals surface area (Å²) in [5.41, 5.74) is 4.79. The largest absolute Gasteiger partial charge is 0.496 e. The topological polar surface area (TPSA) is 29.5 Å². The number of ether oxygens (including phenoxy) is 1. The molecule has 1 unspecified atom stereocenters. The molecule has 0 aliphatic heterocycles. The van der Waals surface area contributed by atoms with Gasteiger partial charge < -0.3 is 9.84 Å². The zero-order valence-electron chi connectivity index (χ0n) is 12.4. The zero-order valence-corrected chi connectivity index (χ0v) is 12.4. The van der Waals surface area contributed by atoms with E-state index in [2.05, 4.69) is 32.0 Å². The van der Waals surface area contributed by atoms with Crippen LogP contribution in [0.1, 0.15) is 28.2 Å². The highest BCUT2D eigenvalue weighted by molar-refractivity contribution is 5.39. The standard InChI is InChI=1S/C18H22O2/c1-13-8-9-18(20-3)15(10-13)11-16(12-19)17-7-5-4-6-14(17)2/h4-10,16,19H,11-12H2,1-3H3. The summed E-state index contributed by atoms with van der Waals surface area (Å²) in [6.45, 7) is 4.30. The molecule has 2 heteroatoms. The van der Waals surface area contributed by atoms with Gasteiger partial charge in [0.25, 0.3) is 0 Å². The van der Waals surface area contributed by atoms with Crippen molar-refractivity contribution in [3.8, 4) is 5.75 Å². The van der Waals surface area contributed by atoms with E-state index >= 15 is 0 Å². The van der Waals surface area contributed by atoms with Gasteiger partial charge in [0.15, 0.2) is 0 Å². The molecule has 0 aliphatic carbocycles. The molecule has 20 heavy (non-hydrogen) atoms. The average Bonchev–Trinajstić information content (AvgIpc) is 2.46. The van der Waals surface area contributed by atoms with Gasteiger partial charge in [-0.2, -0.15) is 0 Å². The number of aliphatic hydroxyl groups is 1. The van der Waals surface area contributed by atoms with Crippen molar-refractivity contribution in [2.75, 3.05) is 13.7 Å². The van der Waals surface area contributed by atoms with E-state index in [1.165, 1.54) is 16.7 Å². The summed E-state index contributed by atoms with van der Waals surface area (Å²) in [6, 6.07) is 14.4. The van der Waals surface area contributed by atoms with E-state index in [9.17, 15) is 5.11 Å². The molecule has 2 rings (SSSR count). The first kappa shape index (κ1) is 14.6. The Morgan fingerprint density at radius 3 is 2.50 bits per heavy atom. The molecule has 0 fully saturated rings. The summed E-state index contributed by atoms with van der Waals surface area (Å²) in [6.07, 6.45) is 0.784. The second-order valence-electron chi connectivity index (χ2n) is 5.26. The van der Waals surface area contributed by atoms with Gasteiger partial charge in [-0.1, -0.05) is 42.0 Å². The van der Waals surface area contributed by atoms with Gasteiger partial charge in [0.1, 0.15) is 5.75 Å². The highest BCUT2D eigenvalue weighted by atomic mass is 16.5. The lowest BCUT2D eigenvalue weighted by molar-refractivity contribution is 0.263. The number of hydrogen-bond donors (Lipinski definition) is 1. The van der Waals surface area contributed by atoms with Crippen LogP contribution >= 0.6 is 0 Å². The van der Waals surface area contributed by atoms with E-state index in [0.29, 0.717) is 0 Å². The predicted molar refractivity (Wildman–Crippen MR) is 82.4 cm³/mol. The van der Waals surface area contributed by atoms with Gasteiger partial charge in [-0.3, -0.25) is 0 Å². The SMILES string of the molecule is COc1ccc(C)cc1CC(CO)c1ccccc1C. The van der Waals surface area contributed by atoms with Crippen molar-refractivity contribution in [3.63, 3.8) is 0 Å². The molecule has 0 radical (unpaired) electrons. The minimum absolute atomic E-state index is 0.104. The molecule has 0 aromatic heterocycles. The minimum Gasteiger partial charge on any atom is -0.496 e. The van der Waals surface area contributed by atoms with Crippen LogP contribution in [0.3, 0.4) is 0 Å². The quantitative estimate of drug-likeness (QED) is 0.899. The lowest BCUT2D eigenvalue weighted by Gasteiger charge is -2.19. The Morgan fingerprint density at radius 2 is 1.85 bits per heavy atom. The van der Waals surface area contributed by atoms with Crippen LogP contribution in [0.4, 0.5) is 0 Å². The van der Waals surface area contributed by atoms with Gasteiger partial charge >= 0.3 is 0 Å². The number of aliphatic hydroxyl groups excluding tert-OH is 1. The van der Waals surface area contributed by atoms with Crippen LogP contribution in [0.15, 0.2) is 42.5 Å². The van der Waals surface area contributed by atoms with Crippen molar-refractivity contribution in [1.82, 2.24) is 0 Å². The molecule has 0 bridgehead atoms. The van der Waals surface area contributed by atoms with Gasteiger partial charge in [0, 0.05) is 5.92 Å². The predicted octanol–water partition coefficient (Wildman–Crippen LogP) is 3.63. The fraction of sp³-hybridized carbons (Fsp3) is 0.333. The van der Waals surface area contributed by atoms with Crippen molar-refractivity contribution in [3.05, 3.63) is 64.7 Å². The first-order valence-electron chi connectivity index (χ1n) is 6.95. The number of rotatable bonds is 5. The monoisotopic (exact) mass is 270 g/mol. The van der Waals surface area contributed by atoms with E-state index in [1.807, 2.05) is 24.3 Å². The second-order valence-corrected chi connectivity index (χ2v) is 5.26. The molecule has 106 valence electrons. The van der Waals surface area contributed by atoms with Gasteiger partial charge in [0.2, 0.25) is 0 Å². The van der Waals surface area contributed by atoms with E-state index in [0.717, 1.165) is 17.7 Å². The summed E-state index contributed by atoms with van der Waals surface area (Å²) in [4.78, 5) is 0. The number of benzene rings is 2. The highest BCUT2D eigenvalue weighted by Gasteiger charge is 2.15. The molecule has 2 aromatic carbocycles. The molecule has 1 N–H and O–H groups in total. The first-order valence-corrected chi connectivity index (χ1v) is 6.95. The number of methoxy groups -OCH3 is 1. The Kier molecular flexibility index (Phi) is 4.80. The van der Waals surface area contributed by atoms with Gasteiger partial charge in [-0.15, -0.1) is 0 Å². The molecule has 0 aliphatic rings. The zero-order chi connectivity index (χ0) is 14.5. The van der Waals surface area contributed by atoms with Gasteiger partial charge in [-0.25, -0.2) is 0 Å². The minimum atomic E-state index is 0.104. The molecular weight excluding hydrogens is 248 g/mol. The maximum absolute atomic E-state index is 9.76. The molecule has 0 spiro atoms. The van der Waals surface area contributed by atoms with Gasteiger partial charge in [0.05, 0.1) is 13.7 Å². The van der Waals surface area contributed by atoms with Gasteiger partial charge in [-0.05, 0) is 43.0 Å². The Labute approximate surface area is 121 Å². The lowest BCUT2D eigenvalue weighted by Crippen LogP contribution is -2.10. The van der Waals surface area contributed by atoms with Crippen molar-refractivity contribution >= 4 is 0 Å². The fourth-order valence-electron chi connectivity index (χ4n) is 2.65. The fourth-order valence-corrected chi connectivity index (χ4v) is 2.65. The highest BCUT2D eigenvalue weighted by Crippen LogP contribution is 2.28. The van der Waals surface area contributed by atoms with E-state index in [4.69, 9.17) is 4.74 Å².